The normalized spacial score (nSPS) is 28.5. The number of thioether (sulfide) groups is 1. The van der Waals surface area contributed by atoms with E-state index < -0.39 is 0 Å². The third kappa shape index (κ3) is 3.68. The maximum atomic E-state index is 4.59. The second-order valence-corrected chi connectivity index (χ2v) is 7.31. The van der Waals surface area contributed by atoms with Gasteiger partial charge in [0.25, 0.3) is 0 Å². The van der Waals surface area contributed by atoms with Crippen LogP contribution in [0.15, 0.2) is 4.34 Å². The number of aryl methyl sites for hydroxylation is 1. The summed E-state index contributed by atoms with van der Waals surface area (Å²) in [5, 5.41) is 4.29. The van der Waals surface area contributed by atoms with Gasteiger partial charge in [0.05, 0.1) is 0 Å². The van der Waals surface area contributed by atoms with Gasteiger partial charge in [0, 0.05) is 17.7 Å². The molecule has 3 nitrogen and oxygen atoms in total. The number of hydrogen-bond donors (Lipinski definition) is 1. The van der Waals surface area contributed by atoms with Gasteiger partial charge < -0.3 is 5.32 Å². The van der Waals surface area contributed by atoms with Crippen molar-refractivity contribution in [2.24, 2.45) is 5.92 Å². The predicted octanol–water partition coefficient (Wildman–Crippen LogP) is 3.36. The number of hydrogen-bond acceptors (Lipinski definition) is 5. The molecule has 1 N–H and O–H groups in total. The van der Waals surface area contributed by atoms with Crippen LogP contribution in [0.5, 0.6) is 0 Å². The Morgan fingerprint density at radius 2 is 2.22 bits per heavy atom. The maximum Gasteiger partial charge on any atom is 0.170 e. The summed E-state index contributed by atoms with van der Waals surface area (Å²) in [6.07, 6.45) is 4.88. The van der Waals surface area contributed by atoms with Crippen molar-refractivity contribution in [2.45, 2.75) is 62.1 Å². The quantitative estimate of drug-likeness (QED) is 0.900. The highest BCUT2D eigenvalue weighted by molar-refractivity contribution is 8.01. The Labute approximate surface area is 118 Å². The average Bonchev–Trinajstić information content (AvgIpc) is 2.80. The van der Waals surface area contributed by atoms with Crippen molar-refractivity contribution in [2.75, 3.05) is 6.54 Å². The van der Waals surface area contributed by atoms with Gasteiger partial charge >= 0.3 is 0 Å². The zero-order valence-corrected chi connectivity index (χ0v) is 13.1. The molecule has 1 aromatic heterocycles. The van der Waals surface area contributed by atoms with Crippen LogP contribution in [0.1, 0.15) is 45.9 Å². The van der Waals surface area contributed by atoms with E-state index in [0.29, 0.717) is 11.3 Å². The molecule has 0 radical (unpaired) electrons. The smallest absolute Gasteiger partial charge is 0.170 e. The fourth-order valence-corrected chi connectivity index (χ4v) is 4.91. The van der Waals surface area contributed by atoms with Crippen molar-refractivity contribution < 1.29 is 0 Å². The zero-order valence-electron chi connectivity index (χ0n) is 11.5. The number of nitrogens with zero attached hydrogens (tertiary/aromatic N) is 2. The monoisotopic (exact) mass is 285 g/mol. The van der Waals surface area contributed by atoms with Crippen molar-refractivity contribution in [1.82, 2.24) is 14.7 Å². The van der Waals surface area contributed by atoms with Gasteiger partial charge in [0.15, 0.2) is 4.34 Å². The second-order valence-electron chi connectivity index (χ2n) is 5.07. The lowest BCUT2D eigenvalue weighted by Crippen LogP contribution is -2.42. The molecule has 0 amide bonds. The standard InChI is InChI=1S/C13H23N3S2/c1-4-12-15-13(18-16-12)17-11-8-9(3)6-7-10(11)14-5-2/h9-11,14H,4-8H2,1-3H3. The van der Waals surface area contributed by atoms with Gasteiger partial charge in [-0.3, -0.25) is 0 Å². The maximum absolute atomic E-state index is 4.59. The molecule has 2 rings (SSSR count). The summed E-state index contributed by atoms with van der Waals surface area (Å²) in [5.74, 6) is 1.84. The minimum Gasteiger partial charge on any atom is -0.313 e. The molecule has 102 valence electrons. The highest BCUT2D eigenvalue weighted by Crippen LogP contribution is 2.36. The summed E-state index contributed by atoms with van der Waals surface area (Å²) >= 11 is 3.50. The molecule has 1 aliphatic carbocycles. The molecule has 5 heteroatoms. The summed E-state index contributed by atoms with van der Waals surface area (Å²) in [6, 6.07) is 0.644. The predicted molar refractivity (Wildman–Crippen MR) is 79.4 cm³/mol. The first-order valence-corrected chi connectivity index (χ1v) is 8.60. The molecule has 0 spiro atoms. The molecule has 0 bridgehead atoms. The van der Waals surface area contributed by atoms with Gasteiger partial charge in [-0.2, -0.15) is 4.37 Å². The molecule has 18 heavy (non-hydrogen) atoms. The van der Waals surface area contributed by atoms with Crippen LogP contribution in [0, 0.1) is 5.92 Å². The molecule has 1 fully saturated rings. The minimum atomic E-state index is 0.644. The van der Waals surface area contributed by atoms with E-state index in [4.69, 9.17) is 0 Å². The van der Waals surface area contributed by atoms with Gasteiger partial charge in [-0.1, -0.05) is 32.5 Å². The summed E-state index contributed by atoms with van der Waals surface area (Å²) in [6.45, 7) is 7.74. The minimum absolute atomic E-state index is 0.644. The third-order valence-electron chi connectivity index (χ3n) is 3.54. The van der Waals surface area contributed by atoms with Crippen LogP contribution in [0.25, 0.3) is 0 Å². The highest BCUT2D eigenvalue weighted by Gasteiger charge is 2.29. The summed E-state index contributed by atoms with van der Waals surface area (Å²) in [4.78, 5) is 4.59. The van der Waals surface area contributed by atoms with Crippen LogP contribution in [-0.4, -0.2) is 27.2 Å². The van der Waals surface area contributed by atoms with Gasteiger partial charge in [0.1, 0.15) is 5.82 Å². The average molecular weight is 285 g/mol. The van der Waals surface area contributed by atoms with E-state index >= 15 is 0 Å². The first-order valence-electron chi connectivity index (χ1n) is 6.95. The zero-order chi connectivity index (χ0) is 13.0. The van der Waals surface area contributed by atoms with Gasteiger partial charge in [-0.05, 0) is 43.3 Å². The summed E-state index contributed by atoms with van der Waals surface area (Å²) in [5.41, 5.74) is 0. The molecular weight excluding hydrogens is 262 g/mol. The highest BCUT2D eigenvalue weighted by atomic mass is 32.2. The van der Waals surface area contributed by atoms with E-state index in [1.165, 1.54) is 19.3 Å². The molecule has 1 saturated carbocycles. The molecule has 0 saturated heterocycles. The second kappa shape index (κ2) is 6.87. The fraction of sp³-hybridized carbons (Fsp3) is 0.846. The molecular formula is C13H23N3S2. The largest absolute Gasteiger partial charge is 0.313 e. The van der Waals surface area contributed by atoms with Crippen molar-refractivity contribution in [3.8, 4) is 0 Å². The molecule has 0 aromatic carbocycles. The Bertz CT molecular complexity index is 367. The Morgan fingerprint density at radius 1 is 1.39 bits per heavy atom. The molecule has 1 aliphatic rings. The van der Waals surface area contributed by atoms with E-state index in [1.807, 2.05) is 11.8 Å². The van der Waals surface area contributed by atoms with Gasteiger partial charge in [-0.15, -0.1) is 0 Å². The van der Waals surface area contributed by atoms with E-state index in [2.05, 4.69) is 35.4 Å². The van der Waals surface area contributed by atoms with E-state index in [-0.39, 0.29) is 0 Å². The van der Waals surface area contributed by atoms with Crippen molar-refractivity contribution >= 4 is 23.3 Å². The molecule has 0 aliphatic heterocycles. The molecule has 3 unspecified atom stereocenters. The first-order chi connectivity index (χ1) is 8.72. The molecule has 1 aromatic rings. The van der Waals surface area contributed by atoms with Crippen LogP contribution < -0.4 is 5.32 Å². The van der Waals surface area contributed by atoms with Crippen molar-refractivity contribution in [3.05, 3.63) is 5.82 Å². The van der Waals surface area contributed by atoms with Gasteiger partial charge in [-0.25, -0.2) is 4.98 Å². The lowest BCUT2D eigenvalue weighted by molar-refractivity contribution is 0.320. The number of aromatic nitrogens is 2. The summed E-state index contributed by atoms with van der Waals surface area (Å²) < 4.78 is 5.53. The Balaban J connectivity index is 1.99. The summed E-state index contributed by atoms with van der Waals surface area (Å²) in [7, 11) is 0. The first kappa shape index (κ1) is 14.3. The van der Waals surface area contributed by atoms with Crippen LogP contribution in [-0.2, 0) is 6.42 Å². The fourth-order valence-electron chi connectivity index (χ4n) is 2.51. The van der Waals surface area contributed by atoms with Crippen molar-refractivity contribution in [1.29, 1.82) is 0 Å². The van der Waals surface area contributed by atoms with Gasteiger partial charge in [0.2, 0.25) is 0 Å². The van der Waals surface area contributed by atoms with Crippen molar-refractivity contribution in [3.63, 3.8) is 0 Å². The topological polar surface area (TPSA) is 37.8 Å². The Morgan fingerprint density at radius 3 is 2.89 bits per heavy atom. The van der Waals surface area contributed by atoms with Crippen LogP contribution in [0.2, 0.25) is 0 Å². The third-order valence-corrected chi connectivity index (χ3v) is 5.72. The lowest BCUT2D eigenvalue weighted by atomic mass is 9.87. The Hall–Kier alpha value is -0.130. The lowest BCUT2D eigenvalue weighted by Gasteiger charge is -2.34. The van der Waals surface area contributed by atoms with Crippen LogP contribution in [0.4, 0.5) is 0 Å². The Kier molecular flexibility index (Phi) is 5.45. The van der Waals surface area contributed by atoms with E-state index in [9.17, 15) is 0 Å². The van der Waals surface area contributed by atoms with Crippen LogP contribution >= 0.6 is 23.3 Å². The SMILES string of the molecule is CCNC1CCC(C)CC1Sc1nc(CC)ns1. The number of rotatable bonds is 5. The van der Waals surface area contributed by atoms with E-state index in [0.717, 1.165) is 29.0 Å². The molecule has 1 heterocycles. The molecule has 3 atom stereocenters. The number of nitrogens with one attached hydrogen (secondary N) is 1. The van der Waals surface area contributed by atoms with Crippen LogP contribution in [0.3, 0.4) is 0 Å². The van der Waals surface area contributed by atoms with E-state index in [1.54, 1.807) is 11.5 Å².